The van der Waals surface area contributed by atoms with Crippen molar-refractivity contribution in [1.82, 2.24) is 5.32 Å². The van der Waals surface area contributed by atoms with Gasteiger partial charge in [0.15, 0.2) is 5.43 Å². The molecule has 0 radical (unpaired) electrons. The molecule has 7 nitrogen and oxygen atoms in total. The molecule has 1 saturated heterocycles. The van der Waals surface area contributed by atoms with E-state index in [1.807, 2.05) is 24.3 Å². The van der Waals surface area contributed by atoms with Crippen LogP contribution in [0.4, 0.5) is 16.2 Å². The van der Waals surface area contributed by atoms with E-state index in [0.717, 1.165) is 31.9 Å². The van der Waals surface area contributed by atoms with Crippen LogP contribution in [0.5, 0.6) is 0 Å². The van der Waals surface area contributed by atoms with E-state index in [-0.39, 0.29) is 12.0 Å². The fourth-order valence-electron chi connectivity index (χ4n) is 3.81. The van der Waals surface area contributed by atoms with Crippen LogP contribution in [-0.2, 0) is 11.3 Å². The number of amides is 1. The summed E-state index contributed by atoms with van der Waals surface area (Å²) >= 11 is 0. The van der Waals surface area contributed by atoms with Crippen molar-refractivity contribution in [2.75, 3.05) is 36.0 Å². The first-order valence-electron chi connectivity index (χ1n) is 10.9. The largest absolute Gasteiger partial charge is 0.459 e. The summed E-state index contributed by atoms with van der Waals surface area (Å²) in [5.74, 6) is 0.388. The van der Waals surface area contributed by atoms with E-state index in [1.165, 1.54) is 11.8 Å². The Hall–Kier alpha value is -3.48. The molecule has 1 N–H and O–H groups in total. The van der Waals surface area contributed by atoms with Crippen LogP contribution in [0.2, 0.25) is 0 Å². The van der Waals surface area contributed by atoms with Crippen molar-refractivity contribution in [2.45, 2.75) is 32.9 Å². The number of anilines is 2. The Bertz CT molecular complexity index is 1140. The number of benzene rings is 2. The van der Waals surface area contributed by atoms with Gasteiger partial charge in [-0.2, -0.15) is 0 Å². The third-order valence-corrected chi connectivity index (χ3v) is 5.34. The first-order valence-corrected chi connectivity index (χ1v) is 10.9. The lowest BCUT2D eigenvalue weighted by Gasteiger charge is -2.37. The van der Waals surface area contributed by atoms with Crippen LogP contribution in [0, 0.1) is 0 Å². The van der Waals surface area contributed by atoms with Crippen molar-refractivity contribution < 1.29 is 13.9 Å². The number of fused-ring (bicyclic) bond motifs is 1. The summed E-state index contributed by atoms with van der Waals surface area (Å²) in [5, 5.41) is 3.16. The van der Waals surface area contributed by atoms with Gasteiger partial charge in [0.25, 0.3) is 0 Å². The average molecular weight is 436 g/mol. The fraction of sp³-hybridized carbons (Fsp3) is 0.360. The number of nitrogens with one attached hydrogen (secondary N) is 1. The lowest BCUT2D eigenvalue weighted by atomic mass is 10.1. The van der Waals surface area contributed by atoms with Crippen molar-refractivity contribution in [1.29, 1.82) is 0 Å². The van der Waals surface area contributed by atoms with Crippen LogP contribution < -0.4 is 20.5 Å². The third kappa shape index (κ3) is 5.22. The molecule has 1 amide bonds. The smallest absolute Gasteiger partial charge is 0.408 e. The van der Waals surface area contributed by atoms with Crippen molar-refractivity contribution in [2.24, 2.45) is 0 Å². The summed E-state index contributed by atoms with van der Waals surface area (Å²) in [4.78, 5) is 29.1. The monoisotopic (exact) mass is 435 g/mol. The minimum absolute atomic E-state index is 0.0834. The molecule has 2 heterocycles. The molecule has 2 aromatic carbocycles. The second-order valence-corrected chi connectivity index (χ2v) is 8.92. The molecule has 1 fully saturated rings. The number of carbonyl (C=O) groups excluding carboxylic acids is 1. The highest BCUT2D eigenvalue weighted by Gasteiger charge is 2.19. The number of carbonyl (C=O) groups is 1. The summed E-state index contributed by atoms with van der Waals surface area (Å²) < 4.78 is 11.2. The Morgan fingerprint density at radius 2 is 1.62 bits per heavy atom. The Balaban J connectivity index is 1.46. The Morgan fingerprint density at radius 1 is 0.969 bits per heavy atom. The standard InChI is InChI=1S/C25H29N3O4/c1-25(2,3)32-24(30)26-17-20-16-22(29)21-10-9-19(15-23(21)31-20)28-13-11-27(12-14-28)18-7-5-4-6-8-18/h4-10,15-16H,11-14,17H2,1-3H3,(H,26,30). The van der Waals surface area contributed by atoms with E-state index in [9.17, 15) is 9.59 Å². The highest BCUT2D eigenvalue weighted by atomic mass is 16.6. The van der Waals surface area contributed by atoms with Gasteiger partial charge in [-0.3, -0.25) is 4.79 Å². The van der Waals surface area contributed by atoms with Crippen LogP contribution in [0.3, 0.4) is 0 Å². The minimum Gasteiger partial charge on any atom is -0.459 e. The second-order valence-electron chi connectivity index (χ2n) is 8.92. The molecule has 0 bridgehead atoms. The van der Waals surface area contributed by atoms with E-state index in [2.05, 4.69) is 39.4 Å². The normalized spacial score (nSPS) is 14.5. The molecule has 4 rings (SSSR count). The molecule has 168 valence electrons. The van der Waals surface area contributed by atoms with Crippen LogP contribution in [0.25, 0.3) is 11.0 Å². The van der Waals surface area contributed by atoms with Crippen molar-refractivity contribution >= 4 is 28.4 Å². The van der Waals surface area contributed by atoms with Gasteiger partial charge in [0.2, 0.25) is 0 Å². The summed E-state index contributed by atoms with van der Waals surface area (Å²) in [6, 6.07) is 17.5. The average Bonchev–Trinajstić information content (AvgIpc) is 2.77. The molecule has 3 aromatic rings. The number of alkyl carbamates (subject to hydrolysis) is 1. The maximum Gasteiger partial charge on any atom is 0.408 e. The number of piperazine rings is 1. The number of rotatable bonds is 4. The van der Waals surface area contributed by atoms with Gasteiger partial charge in [0.05, 0.1) is 11.9 Å². The molecule has 0 atom stereocenters. The highest BCUT2D eigenvalue weighted by Crippen LogP contribution is 2.24. The van der Waals surface area contributed by atoms with E-state index >= 15 is 0 Å². The lowest BCUT2D eigenvalue weighted by molar-refractivity contribution is 0.0520. The zero-order valence-corrected chi connectivity index (χ0v) is 18.8. The first kappa shape index (κ1) is 21.7. The number of para-hydroxylation sites is 1. The van der Waals surface area contributed by atoms with Crippen molar-refractivity contribution in [3.8, 4) is 0 Å². The topological polar surface area (TPSA) is 75.0 Å². The summed E-state index contributed by atoms with van der Waals surface area (Å²) in [7, 11) is 0. The van der Waals surface area contributed by atoms with E-state index in [0.29, 0.717) is 16.7 Å². The molecule has 1 aromatic heterocycles. The molecule has 1 aliphatic heterocycles. The van der Waals surface area contributed by atoms with Crippen molar-refractivity contribution in [3.63, 3.8) is 0 Å². The molecular formula is C25H29N3O4. The van der Waals surface area contributed by atoms with Crippen molar-refractivity contribution in [3.05, 3.63) is 70.6 Å². The Kier molecular flexibility index (Phi) is 6.08. The van der Waals surface area contributed by atoms with Gasteiger partial charge in [0, 0.05) is 49.7 Å². The summed E-state index contributed by atoms with van der Waals surface area (Å²) in [6.07, 6.45) is -0.551. The summed E-state index contributed by atoms with van der Waals surface area (Å²) in [5.41, 5.74) is 2.05. The zero-order valence-electron chi connectivity index (χ0n) is 18.8. The molecule has 0 unspecified atom stereocenters. The van der Waals surface area contributed by atoms with Gasteiger partial charge in [0.1, 0.15) is 16.9 Å². The molecule has 0 aliphatic carbocycles. The van der Waals surface area contributed by atoms with Gasteiger partial charge in [-0.15, -0.1) is 0 Å². The minimum atomic E-state index is -0.590. The predicted octanol–water partition coefficient (Wildman–Crippen LogP) is 4.14. The molecule has 0 saturated carbocycles. The number of hydrogen-bond acceptors (Lipinski definition) is 6. The number of hydrogen-bond donors (Lipinski definition) is 1. The van der Waals surface area contributed by atoms with Crippen LogP contribution in [0.1, 0.15) is 26.5 Å². The molecule has 1 aliphatic rings. The lowest BCUT2D eigenvalue weighted by Crippen LogP contribution is -2.46. The molecule has 0 spiro atoms. The Morgan fingerprint density at radius 3 is 2.28 bits per heavy atom. The van der Waals surface area contributed by atoms with Gasteiger partial charge in [-0.05, 0) is 45.0 Å². The first-order chi connectivity index (χ1) is 15.3. The summed E-state index contributed by atoms with van der Waals surface area (Å²) in [6.45, 7) is 9.07. The van der Waals surface area contributed by atoms with E-state index in [1.54, 1.807) is 20.8 Å². The maximum absolute atomic E-state index is 12.5. The SMILES string of the molecule is CC(C)(C)OC(=O)NCc1cc(=O)c2ccc(N3CCN(c4ccccc4)CC3)cc2o1. The third-order valence-electron chi connectivity index (χ3n) is 5.34. The molecular weight excluding hydrogens is 406 g/mol. The number of nitrogens with zero attached hydrogens (tertiary/aromatic N) is 2. The maximum atomic E-state index is 12.5. The predicted molar refractivity (Wildman–Crippen MR) is 126 cm³/mol. The van der Waals surface area contributed by atoms with E-state index in [4.69, 9.17) is 9.15 Å². The van der Waals surface area contributed by atoms with Crippen LogP contribution >= 0.6 is 0 Å². The van der Waals surface area contributed by atoms with Gasteiger partial charge >= 0.3 is 6.09 Å². The highest BCUT2D eigenvalue weighted by molar-refractivity contribution is 5.80. The van der Waals surface area contributed by atoms with Crippen LogP contribution in [-0.4, -0.2) is 37.9 Å². The fourth-order valence-corrected chi connectivity index (χ4v) is 3.81. The second kappa shape index (κ2) is 8.94. The zero-order chi connectivity index (χ0) is 22.7. The van der Waals surface area contributed by atoms with E-state index < -0.39 is 11.7 Å². The molecule has 32 heavy (non-hydrogen) atoms. The van der Waals surface area contributed by atoms with Crippen LogP contribution in [0.15, 0.2) is 63.8 Å². The quantitative estimate of drug-likeness (QED) is 0.664. The van der Waals surface area contributed by atoms with Gasteiger partial charge < -0.3 is 24.3 Å². The Labute approximate surface area is 187 Å². The molecule has 7 heteroatoms. The number of ether oxygens (including phenoxy) is 1. The van der Waals surface area contributed by atoms with Gasteiger partial charge in [-0.25, -0.2) is 4.79 Å². The van der Waals surface area contributed by atoms with Gasteiger partial charge in [-0.1, -0.05) is 18.2 Å².